The van der Waals surface area contributed by atoms with Gasteiger partial charge in [-0.25, -0.2) is 4.39 Å². The molecule has 0 atom stereocenters. The molecule has 164 valence electrons. The van der Waals surface area contributed by atoms with Gasteiger partial charge >= 0.3 is 6.18 Å². The van der Waals surface area contributed by atoms with Crippen LogP contribution in [0.5, 0.6) is 0 Å². The van der Waals surface area contributed by atoms with Gasteiger partial charge in [0.05, 0.1) is 5.57 Å². The van der Waals surface area contributed by atoms with Crippen LogP contribution in [0.4, 0.5) is 17.6 Å². The summed E-state index contributed by atoms with van der Waals surface area (Å²) in [6, 6.07) is 0. The first-order valence-corrected chi connectivity index (χ1v) is 9.42. The Hall–Kier alpha value is -2.37. The van der Waals surface area contributed by atoms with Gasteiger partial charge in [0.15, 0.2) is 0 Å². The van der Waals surface area contributed by atoms with Gasteiger partial charge < -0.3 is 5.73 Å². The first-order chi connectivity index (χ1) is 13.3. The molecule has 0 aromatic heterocycles. The van der Waals surface area contributed by atoms with Crippen LogP contribution in [0.2, 0.25) is 0 Å². The van der Waals surface area contributed by atoms with Crippen molar-refractivity contribution in [3.05, 3.63) is 70.1 Å². The molecule has 0 saturated carbocycles. The molecule has 6 heteroatoms. The molecule has 0 unspecified atom stereocenters. The molecule has 1 rings (SSSR count). The largest absolute Gasteiger partial charge is 0.416 e. The SMILES string of the molecule is C=C(C)/C(=C\C(=C/C)C1=CCCC(F)=C1)C(F)(F)F.CC.CC(C)=C(C)C(N)=O. The number of carbonyl (C=O) groups is 1. The van der Waals surface area contributed by atoms with E-state index in [9.17, 15) is 22.4 Å². The van der Waals surface area contributed by atoms with Gasteiger partial charge in [0.25, 0.3) is 0 Å². The second-order valence-corrected chi connectivity index (χ2v) is 6.36. The van der Waals surface area contributed by atoms with Crippen molar-refractivity contribution in [2.75, 3.05) is 0 Å². The average molecular weight is 416 g/mol. The molecule has 1 amide bonds. The normalized spacial score (nSPS) is 14.3. The molecule has 2 N–H and O–H groups in total. The van der Waals surface area contributed by atoms with Crippen LogP contribution >= 0.6 is 0 Å². The van der Waals surface area contributed by atoms with Gasteiger partial charge in [-0.05, 0) is 69.9 Å². The second kappa shape index (κ2) is 13.7. The number of nitrogens with two attached hydrogens (primary N) is 1. The van der Waals surface area contributed by atoms with Crippen LogP contribution in [0.15, 0.2) is 70.1 Å². The van der Waals surface area contributed by atoms with Crippen molar-refractivity contribution in [3.8, 4) is 0 Å². The third kappa shape index (κ3) is 11.3. The number of hydrogen-bond acceptors (Lipinski definition) is 1. The van der Waals surface area contributed by atoms with Crippen molar-refractivity contribution < 1.29 is 22.4 Å². The summed E-state index contributed by atoms with van der Waals surface area (Å²) in [5.74, 6) is -0.640. The van der Waals surface area contributed by atoms with Crippen molar-refractivity contribution in [3.63, 3.8) is 0 Å². The maximum Gasteiger partial charge on any atom is 0.416 e. The van der Waals surface area contributed by atoms with Crippen LogP contribution in [-0.2, 0) is 4.79 Å². The van der Waals surface area contributed by atoms with E-state index < -0.39 is 11.7 Å². The third-order valence-electron chi connectivity index (χ3n) is 3.89. The number of rotatable bonds is 4. The van der Waals surface area contributed by atoms with E-state index >= 15 is 0 Å². The minimum Gasteiger partial charge on any atom is -0.366 e. The number of allylic oxidation sites excluding steroid dienone is 10. The zero-order chi connectivity index (χ0) is 23.4. The standard InChI is InChI=1S/C15H16F4.C6H11NO.C2H6/c1-4-11(12-6-5-7-13(16)8-12)9-14(10(2)3)15(17,18)19;1-4(2)5(3)6(7)8;1-2/h4,6,8-9H,2,5,7H2,1,3H3;1-3H3,(H2,7,8);1-2H3/b11-4+,14-9+;;. The lowest BCUT2D eigenvalue weighted by Gasteiger charge is -2.15. The lowest BCUT2D eigenvalue weighted by molar-refractivity contribution is -0.114. The van der Waals surface area contributed by atoms with Crippen LogP contribution in [0, 0.1) is 0 Å². The fraction of sp³-hybridized carbons (Fsp3) is 0.435. The first kappa shape index (κ1) is 28.8. The van der Waals surface area contributed by atoms with Gasteiger partial charge in [0, 0.05) is 12.0 Å². The molecule has 29 heavy (non-hydrogen) atoms. The van der Waals surface area contributed by atoms with Crippen LogP contribution in [0.1, 0.15) is 61.3 Å². The maximum absolute atomic E-state index is 13.2. The smallest absolute Gasteiger partial charge is 0.366 e. The maximum atomic E-state index is 13.2. The summed E-state index contributed by atoms with van der Waals surface area (Å²) in [7, 11) is 0. The van der Waals surface area contributed by atoms with E-state index in [1.807, 2.05) is 27.7 Å². The summed E-state index contributed by atoms with van der Waals surface area (Å²) in [5.41, 5.74) is 6.56. The van der Waals surface area contributed by atoms with Crippen molar-refractivity contribution >= 4 is 5.91 Å². The lowest BCUT2D eigenvalue weighted by Crippen LogP contribution is -2.13. The quantitative estimate of drug-likeness (QED) is 0.290. The first-order valence-electron chi connectivity index (χ1n) is 9.42. The summed E-state index contributed by atoms with van der Waals surface area (Å²) < 4.78 is 51.7. The fourth-order valence-electron chi connectivity index (χ4n) is 2.05. The van der Waals surface area contributed by atoms with Crippen molar-refractivity contribution in [1.82, 2.24) is 0 Å². The van der Waals surface area contributed by atoms with Crippen molar-refractivity contribution in [2.24, 2.45) is 5.73 Å². The zero-order valence-electron chi connectivity index (χ0n) is 18.4. The number of carbonyl (C=O) groups excluding carboxylic acids is 1. The molecule has 0 aliphatic heterocycles. The van der Waals surface area contributed by atoms with Gasteiger partial charge in [-0.15, -0.1) is 0 Å². The molecule has 0 radical (unpaired) electrons. The summed E-state index contributed by atoms with van der Waals surface area (Å²) in [4.78, 5) is 10.3. The molecule has 0 bridgehead atoms. The van der Waals surface area contributed by atoms with Crippen molar-refractivity contribution in [1.29, 1.82) is 0 Å². The number of amides is 1. The van der Waals surface area contributed by atoms with E-state index in [1.165, 1.54) is 19.1 Å². The Labute approximate surface area is 172 Å². The Bertz CT molecular complexity index is 728. The number of halogens is 4. The minimum absolute atomic E-state index is 0.0623. The number of hydrogen-bond donors (Lipinski definition) is 1. The van der Waals surface area contributed by atoms with Gasteiger partial charge in [-0.3, -0.25) is 4.79 Å². The predicted octanol–water partition coefficient (Wildman–Crippen LogP) is 7.43. The number of alkyl halides is 3. The van der Waals surface area contributed by atoms with E-state index in [2.05, 4.69) is 6.58 Å². The summed E-state index contributed by atoms with van der Waals surface area (Å²) in [6.07, 6.45) is 1.91. The summed E-state index contributed by atoms with van der Waals surface area (Å²) >= 11 is 0. The van der Waals surface area contributed by atoms with Gasteiger partial charge in [0.1, 0.15) is 5.83 Å². The fourth-order valence-corrected chi connectivity index (χ4v) is 2.05. The second-order valence-electron chi connectivity index (χ2n) is 6.36. The van der Waals surface area contributed by atoms with Crippen LogP contribution < -0.4 is 5.73 Å². The summed E-state index contributed by atoms with van der Waals surface area (Å²) in [5, 5.41) is 0. The van der Waals surface area contributed by atoms with Gasteiger partial charge in [-0.1, -0.05) is 38.2 Å². The highest BCUT2D eigenvalue weighted by atomic mass is 19.4. The minimum atomic E-state index is -4.46. The zero-order valence-corrected chi connectivity index (χ0v) is 18.4. The predicted molar refractivity (Wildman–Crippen MR) is 114 cm³/mol. The highest BCUT2D eigenvalue weighted by molar-refractivity contribution is 5.91. The Balaban J connectivity index is 0. The molecule has 1 aliphatic rings. The molecule has 0 saturated heterocycles. The highest BCUT2D eigenvalue weighted by Crippen LogP contribution is 2.33. The van der Waals surface area contributed by atoms with Gasteiger partial charge in [-0.2, -0.15) is 13.2 Å². The average Bonchev–Trinajstić information content (AvgIpc) is 2.62. The van der Waals surface area contributed by atoms with E-state index in [1.54, 1.807) is 19.9 Å². The number of primary amides is 1. The van der Waals surface area contributed by atoms with Crippen LogP contribution in [0.3, 0.4) is 0 Å². The van der Waals surface area contributed by atoms with E-state index in [4.69, 9.17) is 5.73 Å². The molecule has 0 aromatic rings. The van der Waals surface area contributed by atoms with Crippen molar-refractivity contribution in [2.45, 2.75) is 67.5 Å². The Morgan fingerprint density at radius 2 is 1.69 bits per heavy atom. The topological polar surface area (TPSA) is 43.1 Å². The Morgan fingerprint density at radius 1 is 1.17 bits per heavy atom. The van der Waals surface area contributed by atoms with E-state index in [0.29, 0.717) is 29.6 Å². The summed E-state index contributed by atoms with van der Waals surface area (Å²) in [6.45, 7) is 15.7. The molecule has 0 fully saturated rings. The molecular weight excluding hydrogens is 382 g/mol. The molecule has 0 spiro atoms. The van der Waals surface area contributed by atoms with Crippen LogP contribution in [0.25, 0.3) is 0 Å². The third-order valence-corrected chi connectivity index (χ3v) is 3.89. The molecular formula is C23H33F4NO. The monoisotopic (exact) mass is 415 g/mol. The molecule has 2 nitrogen and oxygen atoms in total. The van der Waals surface area contributed by atoms with Crippen LogP contribution in [-0.4, -0.2) is 12.1 Å². The molecule has 0 heterocycles. The highest BCUT2D eigenvalue weighted by Gasteiger charge is 2.34. The van der Waals surface area contributed by atoms with Gasteiger partial charge in [0.2, 0.25) is 5.91 Å². The molecule has 1 aliphatic carbocycles. The lowest BCUT2D eigenvalue weighted by atomic mass is 9.95. The molecule has 0 aromatic carbocycles. The van der Waals surface area contributed by atoms with E-state index in [0.717, 1.165) is 11.6 Å². The Morgan fingerprint density at radius 3 is 1.97 bits per heavy atom. The Kier molecular flexibility index (Phi) is 13.7. The van der Waals surface area contributed by atoms with E-state index in [-0.39, 0.29) is 17.3 Å².